The number of nitrogens with zero attached hydrogens (tertiary/aromatic N) is 6. The van der Waals surface area contributed by atoms with Crippen molar-refractivity contribution < 1.29 is 4.39 Å². The van der Waals surface area contributed by atoms with Crippen LogP contribution in [0.1, 0.15) is 31.1 Å². The van der Waals surface area contributed by atoms with E-state index in [2.05, 4.69) is 17.0 Å². The molecular weight excluding hydrogens is 471 g/mol. The summed E-state index contributed by atoms with van der Waals surface area (Å²) >= 11 is 8.02. The molecule has 0 N–H and O–H groups in total. The van der Waals surface area contributed by atoms with Gasteiger partial charge in [0.15, 0.2) is 5.13 Å². The number of thiazole rings is 1. The average molecular weight is 495 g/mol. The van der Waals surface area contributed by atoms with Crippen molar-refractivity contribution in [1.29, 1.82) is 5.26 Å². The van der Waals surface area contributed by atoms with Crippen LogP contribution in [0.4, 0.5) is 21.0 Å². The molecule has 34 heavy (non-hydrogen) atoms. The summed E-state index contributed by atoms with van der Waals surface area (Å²) in [6, 6.07) is 12.5. The summed E-state index contributed by atoms with van der Waals surface area (Å²) in [6.07, 6.45) is 3.62. The lowest BCUT2D eigenvalue weighted by atomic mass is 10.1. The molecule has 2 aromatic carbocycles. The Kier molecular flexibility index (Phi) is 6.15. The van der Waals surface area contributed by atoms with Gasteiger partial charge >= 0.3 is 0 Å². The lowest BCUT2D eigenvalue weighted by Gasteiger charge is -2.29. The zero-order valence-corrected chi connectivity index (χ0v) is 20.6. The molecule has 0 atom stereocenters. The Balaban J connectivity index is 1.61. The maximum atomic E-state index is 13.4. The third-order valence-corrected chi connectivity index (χ3v) is 7.54. The number of hydrogen-bond donors (Lipinski definition) is 0. The average Bonchev–Trinajstić information content (AvgIpc) is 3.46. The number of fused-ring (bicyclic) bond motifs is 1. The van der Waals surface area contributed by atoms with E-state index in [1.54, 1.807) is 12.1 Å². The topological polar surface area (TPSA) is 61.0 Å². The maximum absolute atomic E-state index is 13.4. The molecule has 3 heterocycles. The second kappa shape index (κ2) is 9.24. The fraction of sp³-hybridized carbons (Fsp3) is 0.320. The van der Waals surface area contributed by atoms with E-state index >= 15 is 0 Å². The summed E-state index contributed by atoms with van der Waals surface area (Å²) in [6.45, 7) is 4.74. The molecule has 1 aliphatic rings. The molecule has 174 valence electrons. The Morgan fingerprint density at radius 1 is 1.18 bits per heavy atom. The van der Waals surface area contributed by atoms with Crippen LogP contribution >= 0.6 is 22.9 Å². The highest BCUT2D eigenvalue weighted by Crippen LogP contribution is 2.40. The highest BCUT2D eigenvalue weighted by molar-refractivity contribution is 7.16. The van der Waals surface area contributed by atoms with Crippen LogP contribution < -0.4 is 9.80 Å². The van der Waals surface area contributed by atoms with Crippen molar-refractivity contribution in [3.05, 3.63) is 52.1 Å². The fourth-order valence-electron chi connectivity index (χ4n) is 4.50. The number of hydrogen-bond acceptors (Lipinski definition) is 6. The second-order valence-electron chi connectivity index (χ2n) is 8.36. The zero-order chi connectivity index (χ0) is 23.8. The van der Waals surface area contributed by atoms with Crippen LogP contribution in [0.15, 0.2) is 36.4 Å². The van der Waals surface area contributed by atoms with Gasteiger partial charge in [0.2, 0.25) is 0 Å². The van der Waals surface area contributed by atoms with Gasteiger partial charge in [-0.3, -0.25) is 0 Å². The molecule has 0 unspecified atom stereocenters. The molecule has 0 bridgehead atoms. The normalized spacial score (nSPS) is 13.9. The van der Waals surface area contributed by atoms with E-state index in [1.807, 2.05) is 29.6 Å². The number of piperidine rings is 1. The van der Waals surface area contributed by atoms with E-state index < -0.39 is 0 Å². The van der Waals surface area contributed by atoms with Crippen molar-refractivity contribution in [2.75, 3.05) is 29.9 Å². The van der Waals surface area contributed by atoms with Gasteiger partial charge in [-0.1, -0.05) is 22.9 Å². The molecule has 4 aromatic rings. The predicted molar refractivity (Wildman–Crippen MR) is 137 cm³/mol. The van der Waals surface area contributed by atoms with Crippen molar-refractivity contribution in [2.45, 2.75) is 32.7 Å². The first-order chi connectivity index (χ1) is 16.5. The monoisotopic (exact) mass is 494 g/mol. The molecule has 6 nitrogen and oxygen atoms in total. The number of benzene rings is 2. The van der Waals surface area contributed by atoms with Crippen LogP contribution in [0.5, 0.6) is 0 Å². The quantitative estimate of drug-likeness (QED) is 0.312. The van der Waals surface area contributed by atoms with Gasteiger partial charge < -0.3 is 9.80 Å². The minimum absolute atomic E-state index is 0.325. The maximum Gasteiger partial charge on any atom is 0.192 e. The van der Waals surface area contributed by atoms with Crippen molar-refractivity contribution in [3.63, 3.8) is 0 Å². The van der Waals surface area contributed by atoms with E-state index in [0.29, 0.717) is 32.8 Å². The highest BCUT2D eigenvalue weighted by atomic mass is 35.5. The minimum atomic E-state index is -0.325. The van der Waals surface area contributed by atoms with Crippen LogP contribution in [-0.2, 0) is 6.54 Å². The highest BCUT2D eigenvalue weighted by Gasteiger charge is 2.24. The van der Waals surface area contributed by atoms with Crippen LogP contribution in [0.3, 0.4) is 0 Å². The van der Waals surface area contributed by atoms with Crippen LogP contribution in [0, 0.1) is 17.1 Å². The minimum Gasteiger partial charge on any atom is -0.371 e. The summed E-state index contributed by atoms with van der Waals surface area (Å²) in [5.41, 5.74) is 3.11. The predicted octanol–water partition coefficient (Wildman–Crippen LogP) is 6.60. The van der Waals surface area contributed by atoms with Gasteiger partial charge in [-0.2, -0.15) is 10.4 Å². The van der Waals surface area contributed by atoms with Gasteiger partial charge in [-0.15, -0.1) is 0 Å². The molecule has 0 amide bonds. The molecule has 2 aromatic heterocycles. The zero-order valence-electron chi connectivity index (χ0n) is 19.1. The smallest absolute Gasteiger partial charge is 0.192 e. The first kappa shape index (κ1) is 22.6. The Morgan fingerprint density at radius 2 is 1.91 bits per heavy atom. The Hall–Kier alpha value is -3.15. The van der Waals surface area contributed by atoms with Gasteiger partial charge in [0.05, 0.1) is 5.02 Å². The van der Waals surface area contributed by atoms with Gasteiger partial charge in [0, 0.05) is 43.3 Å². The van der Waals surface area contributed by atoms with Crippen molar-refractivity contribution in [3.8, 4) is 17.3 Å². The first-order valence-electron chi connectivity index (χ1n) is 11.4. The molecule has 0 aliphatic carbocycles. The second-order valence-corrected chi connectivity index (χ2v) is 9.75. The summed E-state index contributed by atoms with van der Waals surface area (Å²) in [7, 11) is 1.93. The molecule has 9 heteroatoms. The van der Waals surface area contributed by atoms with E-state index in [0.717, 1.165) is 35.5 Å². The molecule has 0 radical (unpaired) electrons. The lowest BCUT2D eigenvalue weighted by molar-refractivity contribution is 0.578. The lowest BCUT2D eigenvalue weighted by Crippen LogP contribution is -2.29. The number of halogens is 2. The number of nitriles is 1. The Morgan fingerprint density at radius 3 is 2.59 bits per heavy atom. The van der Waals surface area contributed by atoms with Gasteiger partial charge in [0.25, 0.3) is 0 Å². The SMILES string of the molecule is CCn1nc2c(Cl)cc(N3CCCCC3)cc2c1N(C)c1nc(-c2ccc(F)cc2)c(C#N)s1. The summed E-state index contributed by atoms with van der Waals surface area (Å²) in [4.78, 5) is 9.59. The molecule has 0 saturated carbocycles. The Bertz CT molecular complexity index is 1380. The van der Waals surface area contributed by atoms with E-state index in [9.17, 15) is 9.65 Å². The molecule has 1 saturated heterocycles. The summed E-state index contributed by atoms with van der Waals surface area (Å²) in [5.74, 6) is 0.552. The van der Waals surface area contributed by atoms with Gasteiger partial charge in [-0.05, 0) is 62.6 Å². The summed E-state index contributed by atoms with van der Waals surface area (Å²) < 4.78 is 15.3. The number of aromatic nitrogens is 3. The molecule has 5 rings (SSSR count). The van der Waals surface area contributed by atoms with E-state index in [4.69, 9.17) is 21.7 Å². The van der Waals surface area contributed by atoms with Crippen LogP contribution in [0.25, 0.3) is 22.2 Å². The Labute approximate surface area is 206 Å². The number of rotatable bonds is 5. The van der Waals surface area contributed by atoms with Crippen molar-refractivity contribution in [1.82, 2.24) is 14.8 Å². The van der Waals surface area contributed by atoms with Crippen molar-refractivity contribution in [2.24, 2.45) is 0 Å². The fourth-order valence-corrected chi connectivity index (χ4v) is 5.60. The van der Waals surface area contributed by atoms with E-state index in [1.165, 1.54) is 42.7 Å². The molecule has 1 aliphatic heterocycles. The van der Waals surface area contributed by atoms with Crippen molar-refractivity contribution >= 4 is 50.5 Å². The molecule has 0 spiro atoms. The third kappa shape index (κ3) is 3.99. The van der Waals surface area contributed by atoms with Gasteiger partial charge in [-0.25, -0.2) is 14.1 Å². The number of anilines is 3. The number of aryl methyl sites for hydroxylation is 1. The van der Waals surface area contributed by atoms with Gasteiger partial charge in [0.1, 0.15) is 33.8 Å². The summed E-state index contributed by atoms with van der Waals surface area (Å²) in [5, 5.41) is 16.8. The molecule has 1 fully saturated rings. The van der Waals surface area contributed by atoms with E-state index in [-0.39, 0.29) is 5.82 Å². The standard InChI is InChI=1S/C25H24ClFN6S/c1-3-33-24(19-13-18(14-20(26)23(19)30-33)32-11-5-4-6-12-32)31(2)25-29-22(21(15-28)34-25)16-7-9-17(27)10-8-16/h7-10,13-14H,3-6,11-12H2,1-2H3. The van der Waals surface area contributed by atoms with Crippen LogP contribution in [0.2, 0.25) is 5.02 Å². The first-order valence-corrected chi connectivity index (χ1v) is 12.5. The largest absolute Gasteiger partial charge is 0.371 e. The molecular formula is C25H24ClFN6S. The van der Waals surface area contributed by atoms with Crippen LogP contribution in [-0.4, -0.2) is 34.9 Å². The third-order valence-electron chi connectivity index (χ3n) is 6.21.